The van der Waals surface area contributed by atoms with Crippen LogP contribution in [-0.4, -0.2) is 44.1 Å². The molecular formula is C17H25N5O2. The molecule has 24 heavy (non-hydrogen) atoms. The molecule has 4 heterocycles. The molecule has 7 nitrogen and oxygen atoms in total. The zero-order valence-corrected chi connectivity index (χ0v) is 14.6. The topological polar surface area (TPSA) is 69.2 Å². The van der Waals surface area contributed by atoms with Crippen LogP contribution in [0.4, 0.5) is 0 Å². The van der Waals surface area contributed by atoms with Gasteiger partial charge in [0.2, 0.25) is 11.8 Å². The van der Waals surface area contributed by atoms with Crippen molar-refractivity contribution in [1.29, 1.82) is 0 Å². The average Bonchev–Trinajstić information content (AvgIpc) is 3.25. The molecule has 0 radical (unpaired) electrons. The van der Waals surface area contributed by atoms with Gasteiger partial charge in [-0.15, -0.1) is 10.2 Å². The third-order valence-electron chi connectivity index (χ3n) is 5.03. The molecule has 0 saturated carbocycles. The monoisotopic (exact) mass is 331 g/mol. The predicted octanol–water partition coefficient (Wildman–Crippen LogP) is 2.28. The summed E-state index contributed by atoms with van der Waals surface area (Å²) in [4.78, 5) is 2.45. The molecule has 2 aliphatic heterocycles. The Labute approximate surface area is 142 Å². The molecule has 2 aromatic rings. The maximum absolute atomic E-state index is 6.26. The van der Waals surface area contributed by atoms with E-state index in [-0.39, 0.29) is 18.1 Å². The van der Waals surface area contributed by atoms with Crippen LogP contribution < -0.4 is 0 Å². The molecule has 2 aromatic heterocycles. The van der Waals surface area contributed by atoms with Gasteiger partial charge in [-0.2, -0.15) is 5.10 Å². The first-order valence-corrected chi connectivity index (χ1v) is 8.77. The van der Waals surface area contributed by atoms with Crippen LogP contribution in [0, 0.1) is 5.92 Å². The summed E-state index contributed by atoms with van der Waals surface area (Å²) in [6.45, 7) is 7.11. The summed E-state index contributed by atoms with van der Waals surface area (Å²) in [7, 11) is 1.95. The fraction of sp³-hybridized carbons (Fsp3) is 0.706. The normalized spacial score (nSPS) is 27.8. The maximum atomic E-state index is 6.26. The molecule has 0 bridgehead atoms. The molecule has 130 valence electrons. The van der Waals surface area contributed by atoms with E-state index in [0.29, 0.717) is 17.7 Å². The van der Waals surface area contributed by atoms with E-state index in [4.69, 9.17) is 9.15 Å². The lowest BCUT2D eigenvalue weighted by atomic mass is 9.91. The van der Waals surface area contributed by atoms with Gasteiger partial charge in [-0.05, 0) is 25.3 Å². The number of aromatic nitrogens is 4. The van der Waals surface area contributed by atoms with E-state index < -0.39 is 0 Å². The van der Waals surface area contributed by atoms with Crippen molar-refractivity contribution in [2.75, 3.05) is 13.1 Å². The fourth-order valence-electron chi connectivity index (χ4n) is 3.72. The highest BCUT2D eigenvalue weighted by molar-refractivity contribution is 5.04. The molecule has 2 aliphatic rings. The van der Waals surface area contributed by atoms with E-state index in [1.807, 2.05) is 17.9 Å². The third-order valence-corrected chi connectivity index (χ3v) is 5.03. The molecule has 0 aromatic carbocycles. The molecule has 0 aliphatic carbocycles. The van der Waals surface area contributed by atoms with E-state index in [9.17, 15) is 0 Å². The van der Waals surface area contributed by atoms with E-state index in [1.165, 1.54) is 5.56 Å². The minimum absolute atomic E-state index is 0.0432. The van der Waals surface area contributed by atoms with Gasteiger partial charge in [0.15, 0.2) is 0 Å². The zero-order valence-electron chi connectivity index (χ0n) is 14.6. The first-order chi connectivity index (χ1) is 11.6. The van der Waals surface area contributed by atoms with Gasteiger partial charge in [-0.25, -0.2) is 0 Å². The summed E-state index contributed by atoms with van der Waals surface area (Å²) in [6.07, 6.45) is 6.39. The highest BCUT2D eigenvalue weighted by Crippen LogP contribution is 2.41. The SMILES string of the molecule is CC(C)c1nnc([C@@H]2C[C@@H]3CCN(Cc4cnn(C)c4)C[C@H]3O2)o1. The van der Waals surface area contributed by atoms with Crippen molar-refractivity contribution >= 4 is 0 Å². The number of nitrogens with zero attached hydrogens (tertiary/aromatic N) is 5. The van der Waals surface area contributed by atoms with E-state index in [0.717, 1.165) is 32.5 Å². The van der Waals surface area contributed by atoms with Crippen molar-refractivity contribution in [1.82, 2.24) is 24.9 Å². The van der Waals surface area contributed by atoms with E-state index in [1.54, 1.807) is 0 Å². The Morgan fingerprint density at radius 2 is 2.21 bits per heavy atom. The number of piperidine rings is 1. The zero-order chi connectivity index (χ0) is 16.7. The number of fused-ring (bicyclic) bond motifs is 1. The largest absolute Gasteiger partial charge is 0.422 e. The van der Waals surface area contributed by atoms with E-state index >= 15 is 0 Å². The quantitative estimate of drug-likeness (QED) is 0.856. The van der Waals surface area contributed by atoms with Crippen molar-refractivity contribution in [3.8, 4) is 0 Å². The van der Waals surface area contributed by atoms with Gasteiger partial charge in [0.1, 0.15) is 6.10 Å². The summed E-state index contributed by atoms with van der Waals surface area (Å²) in [6, 6.07) is 0. The van der Waals surface area contributed by atoms with Crippen LogP contribution in [-0.2, 0) is 18.3 Å². The molecule has 0 N–H and O–H groups in total. The van der Waals surface area contributed by atoms with Crippen LogP contribution >= 0.6 is 0 Å². The van der Waals surface area contributed by atoms with Gasteiger partial charge in [-0.3, -0.25) is 9.58 Å². The minimum Gasteiger partial charge on any atom is -0.422 e. The van der Waals surface area contributed by atoms with Crippen molar-refractivity contribution in [2.45, 2.75) is 51.4 Å². The van der Waals surface area contributed by atoms with Crippen molar-refractivity contribution < 1.29 is 9.15 Å². The Bertz CT molecular complexity index is 695. The Morgan fingerprint density at radius 1 is 1.33 bits per heavy atom. The first-order valence-electron chi connectivity index (χ1n) is 8.77. The number of ether oxygens (including phenoxy) is 1. The second-order valence-electron chi connectivity index (χ2n) is 7.34. The van der Waals surface area contributed by atoms with Gasteiger partial charge < -0.3 is 9.15 Å². The standard InChI is InChI=1S/C17H25N5O2/c1-11(2)16-19-20-17(24-16)14-6-13-4-5-22(10-15(13)23-14)9-12-7-18-21(3)8-12/h7-8,11,13-15H,4-6,9-10H2,1-3H3/t13-,14-,15+/m0/s1. The molecule has 3 atom stereocenters. The molecule has 0 amide bonds. The molecular weight excluding hydrogens is 306 g/mol. The summed E-state index contributed by atoms with van der Waals surface area (Å²) < 4.78 is 13.9. The van der Waals surface area contributed by atoms with Crippen LogP contribution in [0.2, 0.25) is 0 Å². The number of rotatable bonds is 4. The number of hydrogen-bond acceptors (Lipinski definition) is 6. The summed E-state index contributed by atoms with van der Waals surface area (Å²) in [5.41, 5.74) is 1.25. The number of hydrogen-bond donors (Lipinski definition) is 0. The molecule has 0 unspecified atom stereocenters. The summed E-state index contributed by atoms with van der Waals surface area (Å²) in [5, 5.41) is 12.6. The first kappa shape index (κ1) is 15.8. The van der Waals surface area contributed by atoms with Crippen LogP contribution in [0.1, 0.15) is 56.1 Å². The summed E-state index contributed by atoms with van der Waals surface area (Å²) in [5.74, 6) is 2.19. The lowest BCUT2D eigenvalue weighted by Gasteiger charge is -2.33. The second kappa shape index (κ2) is 6.29. The Kier molecular flexibility index (Phi) is 4.14. The maximum Gasteiger partial charge on any atom is 0.245 e. The Balaban J connectivity index is 1.38. The lowest BCUT2D eigenvalue weighted by molar-refractivity contribution is -0.0178. The molecule has 2 fully saturated rings. The van der Waals surface area contributed by atoms with Gasteiger partial charge in [0.25, 0.3) is 0 Å². The Morgan fingerprint density at radius 3 is 2.92 bits per heavy atom. The van der Waals surface area contributed by atoms with Crippen molar-refractivity contribution in [2.24, 2.45) is 13.0 Å². The van der Waals surface area contributed by atoms with Crippen LogP contribution in [0.5, 0.6) is 0 Å². The summed E-state index contributed by atoms with van der Waals surface area (Å²) >= 11 is 0. The van der Waals surface area contributed by atoms with Crippen molar-refractivity contribution in [3.63, 3.8) is 0 Å². The van der Waals surface area contributed by atoms with Gasteiger partial charge in [0.05, 0.1) is 12.3 Å². The van der Waals surface area contributed by atoms with Crippen LogP contribution in [0.15, 0.2) is 16.8 Å². The third kappa shape index (κ3) is 3.10. The van der Waals surface area contributed by atoms with Gasteiger partial charge >= 0.3 is 0 Å². The molecule has 4 rings (SSSR count). The van der Waals surface area contributed by atoms with Crippen LogP contribution in [0.3, 0.4) is 0 Å². The second-order valence-corrected chi connectivity index (χ2v) is 7.34. The highest BCUT2D eigenvalue weighted by atomic mass is 16.5. The van der Waals surface area contributed by atoms with Gasteiger partial charge in [-0.1, -0.05) is 13.8 Å². The van der Waals surface area contributed by atoms with Crippen LogP contribution in [0.25, 0.3) is 0 Å². The minimum atomic E-state index is -0.0432. The average molecular weight is 331 g/mol. The predicted molar refractivity (Wildman–Crippen MR) is 87.2 cm³/mol. The van der Waals surface area contributed by atoms with Crippen molar-refractivity contribution in [3.05, 3.63) is 29.7 Å². The smallest absolute Gasteiger partial charge is 0.245 e. The highest BCUT2D eigenvalue weighted by Gasteiger charge is 2.41. The van der Waals surface area contributed by atoms with Gasteiger partial charge in [0, 0.05) is 37.8 Å². The lowest BCUT2D eigenvalue weighted by Crippen LogP contribution is -2.41. The fourth-order valence-corrected chi connectivity index (χ4v) is 3.72. The number of aryl methyl sites for hydroxylation is 1. The Hall–Kier alpha value is -1.73. The molecule has 0 spiro atoms. The number of likely N-dealkylation sites (tertiary alicyclic amines) is 1. The molecule has 2 saturated heterocycles. The van der Waals surface area contributed by atoms with E-state index in [2.05, 4.69) is 40.2 Å². The molecule has 7 heteroatoms.